The molecule has 0 aliphatic carbocycles. The average molecular weight is 197 g/mol. The Labute approximate surface area is 82.8 Å². The van der Waals surface area contributed by atoms with Crippen molar-refractivity contribution in [3.8, 4) is 0 Å². The van der Waals surface area contributed by atoms with Crippen LogP contribution in [0.15, 0.2) is 4.52 Å². The van der Waals surface area contributed by atoms with E-state index in [0.717, 1.165) is 13.1 Å². The van der Waals surface area contributed by atoms with E-state index in [4.69, 9.17) is 9.26 Å². The second-order valence-corrected chi connectivity index (χ2v) is 3.71. The van der Waals surface area contributed by atoms with Gasteiger partial charge in [0.1, 0.15) is 6.10 Å². The molecule has 5 nitrogen and oxygen atoms in total. The normalized spacial score (nSPS) is 22.9. The first-order valence-electron chi connectivity index (χ1n) is 4.93. The van der Waals surface area contributed by atoms with Gasteiger partial charge in [-0.1, -0.05) is 19.0 Å². The lowest BCUT2D eigenvalue weighted by molar-refractivity contribution is 0.0208. The Morgan fingerprint density at radius 1 is 1.50 bits per heavy atom. The highest BCUT2D eigenvalue weighted by atomic mass is 16.5. The summed E-state index contributed by atoms with van der Waals surface area (Å²) in [6.45, 7) is 6.41. The second kappa shape index (κ2) is 4.06. The first kappa shape index (κ1) is 9.61. The van der Waals surface area contributed by atoms with E-state index in [1.54, 1.807) is 0 Å². The topological polar surface area (TPSA) is 60.2 Å². The Balaban J connectivity index is 2.07. The smallest absolute Gasteiger partial charge is 0.229 e. The van der Waals surface area contributed by atoms with Crippen molar-refractivity contribution < 1.29 is 9.26 Å². The van der Waals surface area contributed by atoms with Crippen molar-refractivity contribution in [2.75, 3.05) is 19.7 Å². The summed E-state index contributed by atoms with van der Waals surface area (Å²) in [5, 5.41) is 7.14. The van der Waals surface area contributed by atoms with Crippen LogP contribution < -0.4 is 5.32 Å². The van der Waals surface area contributed by atoms with Gasteiger partial charge in [-0.2, -0.15) is 4.98 Å². The summed E-state index contributed by atoms with van der Waals surface area (Å²) in [5.74, 6) is 1.60. The zero-order chi connectivity index (χ0) is 9.97. The number of nitrogens with zero attached hydrogens (tertiary/aromatic N) is 2. The number of nitrogens with one attached hydrogen (secondary N) is 1. The molecule has 1 saturated heterocycles. The van der Waals surface area contributed by atoms with Gasteiger partial charge in [-0.25, -0.2) is 0 Å². The number of morpholine rings is 1. The molecule has 1 aromatic heterocycles. The van der Waals surface area contributed by atoms with Gasteiger partial charge < -0.3 is 14.6 Å². The molecule has 1 aromatic rings. The summed E-state index contributed by atoms with van der Waals surface area (Å²) < 4.78 is 10.6. The molecular formula is C9H15N3O2. The predicted octanol–water partition coefficient (Wildman–Crippen LogP) is 0.854. The first-order valence-corrected chi connectivity index (χ1v) is 4.93. The fourth-order valence-electron chi connectivity index (χ4n) is 1.34. The Bertz CT molecular complexity index is 292. The molecule has 0 aromatic carbocycles. The van der Waals surface area contributed by atoms with Crippen molar-refractivity contribution in [1.82, 2.24) is 15.5 Å². The Morgan fingerprint density at radius 3 is 2.93 bits per heavy atom. The van der Waals surface area contributed by atoms with Crippen LogP contribution in [0, 0.1) is 0 Å². The summed E-state index contributed by atoms with van der Waals surface area (Å²) in [4.78, 5) is 4.29. The van der Waals surface area contributed by atoms with Gasteiger partial charge in [0.25, 0.3) is 0 Å². The van der Waals surface area contributed by atoms with Gasteiger partial charge in [0.05, 0.1) is 6.61 Å². The summed E-state index contributed by atoms with van der Waals surface area (Å²) in [5.41, 5.74) is 0. The number of aromatic nitrogens is 2. The van der Waals surface area contributed by atoms with E-state index in [0.29, 0.717) is 18.3 Å². The molecule has 0 spiro atoms. The summed E-state index contributed by atoms with van der Waals surface area (Å²) in [6, 6.07) is 0. The van der Waals surface area contributed by atoms with Crippen molar-refractivity contribution >= 4 is 0 Å². The van der Waals surface area contributed by atoms with E-state index in [-0.39, 0.29) is 12.0 Å². The molecule has 78 valence electrons. The minimum Gasteiger partial charge on any atom is -0.367 e. The highest BCUT2D eigenvalue weighted by molar-refractivity contribution is 4.95. The molecule has 0 saturated carbocycles. The maximum absolute atomic E-state index is 5.51. The maximum atomic E-state index is 5.51. The Hall–Kier alpha value is -0.940. The largest absolute Gasteiger partial charge is 0.367 e. The van der Waals surface area contributed by atoms with Gasteiger partial charge in [0, 0.05) is 19.0 Å². The molecule has 0 bridgehead atoms. The van der Waals surface area contributed by atoms with E-state index >= 15 is 0 Å². The predicted molar refractivity (Wildman–Crippen MR) is 49.9 cm³/mol. The molecule has 2 heterocycles. The number of hydrogen-bond acceptors (Lipinski definition) is 5. The van der Waals surface area contributed by atoms with Crippen LogP contribution in [0.1, 0.15) is 37.6 Å². The van der Waals surface area contributed by atoms with E-state index in [1.165, 1.54) is 0 Å². The monoisotopic (exact) mass is 197 g/mol. The van der Waals surface area contributed by atoms with Crippen LogP contribution in [0.25, 0.3) is 0 Å². The molecule has 1 atom stereocenters. The van der Waals surface area contributed by atoms with Gasteiger partial charge >= 0.3 is 0 Å². The standard InChI is InChI=1S/C9H15N3O2/c1-6(2)9-11-8(12-14-9)7-5-10-3-4-13-7/h6-7,10H,3-5H2,1-2H3/t7-/m0/s1. The fourth-order valence-corrected chi connectivity index (χ4v) is 1.34. The molecule has 1 aliphatic rings. The highest BCUT2D eigenvalue weighted by Crippen LogP contribution is 2.18. The summed E-state index contributed by atoms with van der Waals surface area (Å²) in [6.07, 6.45) is -0.0556. The molecule has 5 heteroatoms. The molecular weight excluding hydrogens is 182 g/mol. The molecule has 2 rings (SSSR count). The van der Waals surface area contributed by atoms with Crippen molar-refractivity contribution in [2.45, 2.75) is 25.9 Å². The number of rotatable bonds is 2. The minimum absolute atomic E-state index is 0.0556. The van der Waals surface area contributed by atoms with Crippen molar-refractivity contribution in [3.63, 3.8) is 0 Å². The molecule has 0 unspecified atom stereocenters. The van der Waals surface area contributed by atoms with Crippen molar-refractivity contribution in [2.24, 2.45) is 0 Å². The van der Waals surface area contributed by atoms with E-state index in [9.17, 15) is 0 Å². The zero-order valence-corrected chi connectivity index (χ0v) is 8.49. The molecule has 1 fully saturated rings. The lowest BCUT2D eigenvalue weighted by Crippen LogP contribution is -2.33. The van der Waals surface area contributed by atoms with Crippen LogP contribution >= 0.6 is 0 Å². The number of ether oxygens (including phenoxy) is 1. The SMILES string of the molecule is CC(C)c1nc([C@@H]2CNCCO2)no1. The van der Waals surface area contributed by atoms with E-state index < -0.39 is 0 Å². The van der Waals surface area contributed by atoms with Crippen LogP contribution in [-0.2, 0) is 4.74 Å². The zero-order valence-electron chi connectivity index (χ0n) is 8.49. The lowest BCUT2D eigenvalue weighted by atomic mass is 10.2. The first-order chi connectivity index (χ1) is 6.77. The third-order valence-electron chi connectivity index (χ3n) is 2.17. The quantitative estimate of drug-likeness (QED) is 0.761. The van der Waals surface area contributed by atoms with Crippen molar-refractivity contribution in [1.29, 1.82) is 0 Å². The third-order valence-corrected chi connectivity index (χ3v) is 2.17. The van der Waals surface area contributed by atoms with Crippen LogP contribution in [-0.4, -0.2) is 29.8 Å². The van der Waals surface area contributed by atoms with Crippen LogP contribution in [0.3, 0.4) is 0 Å². The van der Waals surface area contributed by atoms with Gasteiger partial charge in [0.15, 0.2) is 0 Å². The van der Waals surface area contributed by atoms with Gasteiger partial charge in [-0.3, -0.25) is 0 Å². The summed E-state index contributed by atoms with van der Waals surface area (Å²) >= 11 is 0. The van der Waals surface area contributed by atoms with Crippen molar-refractivity contribution in [3.05, 3.63) is 11.7 Å². The highest BCUT2D eigenvalue weighted by Gasteiger charge is 2.21. The van der Waals surface area contributed by atoms with Crippen LogP contribution in [0.4, 0.5) is 0 Å². The molecule has 1 N–H and O–H groups in total. The van der Waals surface area contributed by atoms with Crippen LogP contribution in [0.5, 0.6) is 0 Å². The van der Waals surface area contributed by atoms with Crippen LogP contribution in [0.2, 0.25) is 0 Å². The van der Waals surface area contributed by atoms with E-state index in [2.05, 4.69) is 15.5 Å². The second-order valence-electron chi connectivity index (χ2n) is 3.71. The molecule has 1 aliphatic heterocycles. The fraction of sp³-hybridized carbons (Fsp3) is 0.778. The molecule has 14 heavy (non-hydrogen) atoms. The van der Waals surface area contributed by atoms with E-state index in [1.807, 2.05) is 13.8 Å². The van der Waals surface area contributed by atoms with Gasteiger partial charge in [-0.15, -0.1) is 0 Å². The molecule has 0 radical (unpaired) electrons. The maximum Gasteiger partial charge on any atom is 0.229 e. The third kappa shape index (κ3) is 1.93. The Kier molecular flexibility index (Phi) is 2.79. The summed E-state index contributed by atoms with van der Waals surface area (Å²) in [7, 11) is 0. The van der Waals surface area contributed by atoms with Gasteiger partial charge in [-0.05, 0) is 0 Å². The minimum atomic E-state index is -0.0556. The number of hydrogen-bond donors (Lipinski definition) is 1. The molecule has 0 amide bonds. The average Bonchev–Trinajstić information content (AvgIpc) is 2.68. The van der Waals surface area contributed by atoms with Gasteiger partial charge in [0.2, 0.25) is 11.7 Å². The Morgan fingerprint density at radius 2 is 2.36 bits per heavy atom. The lowest BCUT2D eigenvalue weighted by Gasteiger charge is -2.20.